The molecule has 0 bridgehead atoms. The van der Waals surface area contributed by atoms with Crippen LogP contribution in [0.4, 0.5) is 10.8 Å². The number of rotatable bonds is 2. The number of fused-ring (bicyclic) bond motifs is 1. The summed E-state index contributed by atoms with van der Waals surface area (Å²) in [5, 5.41) is 0.573. The first-order chi connectivity index (χ1) is 9.79. The van der Waals surface area contributed by atoms with Crippen molar-refractivity contribution in [3.05, 3.63) is 25.3 Å². The minimum atomic E-state index is 0.573. The van der Waals surface area contributed by atoms with Crippen molar-refractivity contribution in [3.63, 3.8) is 0 Å². The second-order valence-electron chi connectivity index (χ2n) is 4.12. The van der Waals surface area contributed by atoms with Crippen LogP contribution in [0.2, 0.25) is 0 Å². The average Bonchev–Trinajstić information content (AvgIpc) is 2.90. The van der Waals surface area contributed by atoms with Crippen molar-refractivity contribution >= 4 is 32.4 Å². The van der Waals surface area contributed by atoms with Gasteiger partial charge in [0, 0.05) is 13.1 Å². The molecular weight excluding hydrogens is 274 g/mol. The Bertz CT molecular complexity index is 579. The zero-order valence-corrected chi connectivity index (χ0v) is 12.4. The van der Waals surface area contributed by atoms with Crippen LogP contribution in [-0.2, 0) is 4.74 Å². The lowest BCUT2D eigenvalue weighted by atomic mass is 10.2. The maximum Gasteiger partial charge on any atom is 0.181 e. The Kier molecular flexibility index (Phi) is 4.81. The molecule has 0 saturated carbocycles. The van der Waals surface area contributed by atoms with Gasteiger partial charge >= 0.3 is 0 Å². The van der Waals surface area contributed by atoms with Crippen LogP contribution >= 0.6 is 11.3 Å². The van der Waals surface area contributed by atoms with Crippen molar-refractivity contribution < 1.29 is 9.47 Å². The third kappa shape index (κ3) is 2.71. The molecule has 1 aromatic heterocycles. The fraction of sp³-hybridized carbons (Fsp3) is 0.357. The van der Waals surface area contributed by atoms with Crippen molar-refractivity contribution in [2.75, 3.05) is 44.0 Å². The molecule has 0 spiro atoms. The van der Waals surface area contributed by atoms with Gasteiger partial charge in [-0.2, -0.15) is 0 Å². The second-order valence-corrected chi connectivity index (χ2v) is 5.15. The quantitative estimate of drug-likeness (QED) is 0.862. The predicted octanol–water partition coefficient (Wildman–Crippen LogP) is 2.53. The number of nitrogens with two attached hydrogens (primary N) is 1. The number of nitrogens with zero attached hydrogens (tertiary/aromatic N) is 2. The predicted molar refractivity (Wildman–Crippen MR) is 84.9 cm³/mol. The number of benzene rings is 1. The SMILES string of the molecule is C=C.COc1ccc(N2CCOCC2)c2sc(N)nc12. The summed E-state index contributed by atoms with van der Waals surface area (Å²) in [5.74, 6) is 0.773. The van der Waals surface area contributed by atoms with Gasteiger partial charge in [0.15, 0.2) is 5.13 Å². The van der Waals surface area contributed by atoms with Gasteiger partial charge in [0.1, 0.15) is 11.3 Å². The van der Waals surface area contributed by atoms with Crippen LogP contribution in [0.25, 0.3) is 10.2 Å². The number of morpholine rings is 1. The first-order valence-electron chi connectivity index (χ1n) is 6.35. The van der Waals surface area contributed by atoms with Crippen LogP contribution in [-0.4, -0.2) is 38.4 Å². The zero-order chi connectivity index (χ0) is 14.5. The van der Waals surface area contributed by atoms with Crippen molar-refractivity contribution in [2.24, 2.45) is 0 Å². The third-order valence-electron chi connectivity index (χ3n) is 3.07. The molecule has 5 nitrogen and oxygen atoms in total. The maximum absolute atomic E-state index is 5.82. The van der Waals surface area contributed by atoms with E-state index in [1.165, 1.54) is 17.0 Å². The fourth-order valence-corrected chi connectivity index (χ4v) is 3.10. The summed E-state index contributed by atoms with van der Waals surface area (Å²) in [6.07, 6.45) is 0. The highest BCUT2D eigenvalue weighted by atomic mass is 32.1. The number of methoxy groups -OCH3 is 1. The minimum Gasteiger partial charge on any atom is -0.494 e. The van der Waals surface area contributed by atoms with E-state index in [0.717, 1.165) is 42.3 Å². The number of hydrogen-bond donors (Lipinski definition) is 1. The number of ether oxygens (including phenoxy) is 2. The molecule has 2 N–H and O–H groups in total. The zero-order valence-electron chi connectivity index (χ0n) is 11.6. The summed E-state index contributed by atoms with van der Waals surface area (Å²) in [6.45, 7) is 9.34. The monoisotopic (exact) mass is 293 g/mol. The number of anilines is 2. The molecule has 3 rings (SSSR count). The summed E-state index contributed by atoms with van der Waals surface area (Å²) in [4.78, 5) is 6.66. The molecule has 1 aliphatic heterocycles. The Morgan fingerprint density at radius 3 is 2.70 bits per heavy atom. The van der Waals surface area contributed by atoms with Gasteiger partial charge in [0.2, 0.25) is 0 Å². The molecule has 0 aliphatic carbocycles. The Balaban J connectivity index is 0.000000704. The Labute approximate surface area is 122 Å². The first kappa shape index (κ1) is 14.6. The van der Waals surface area contributed by atoms with E-state index >= 15 is 0 Å². The Morgan fingerprint density at radius 1 is 1.35 bits per heavy atom. The highest BCUT2D eigenvalue weighted by Crippen LogP contribution is 2.38. The van der Waals surface area contributed by atoms with Crippen LogP contribution in [0.15, 0.2) is 25.3 Å². The van der Waals surface area contributed by atoms with Gasteiger partial charge in [0.05, 0.1) is 30.7 Å². The highest BCUT2D eigenvalue weighted by Gasteiger charge is 2.18. The van der Waals surface area contributed by atoms with Crippen LogP contribution in [0.1, 0.15) is 0 Å². The van der Waals surface area contributed by atoms with E-state index in [9.17, 15) is 0 Å². The molecule has 1 fully saturated rings. The second kappa shape index (κ2) is 6.58. The van der Waals surface area contributed by atoms with Crippen LogP contribution in [0.3, 0.4) is 0 Å². The van der Waals surface area contributed by atoms with E-state index in [1.54, 1.807) is 7.11 Å². The lowest BCUT2D eigenvalue weighted by molar-refractivity contribution is 0.123. The van der Waals surface area contributed by atoms with Crippen molar-refractivity contribution in [2.45, 2.75) is 0 Å². The Hall–Kier alpha value is -1.79. The number of hydrogen-bond acceptors (Lipinski definition) is 6. The molecule has 0 radical (unpaired) electrons. The van der Waals surface area contributed by atoms with Crippen molar-refractivity contribution in [1.82, 2.24) is 4.98 Å². The summed E-state index contributed by atoms with van der Waals surface area (Å²) in [5.41, 5.74) is 7.84. The number of nitrogen functional groups attached to an aromatic ring is 1. The topological polar surface area (TPSA) is 60.6 Å². The number of thiazole rings is 1. The lowest BCUT2D eigenvalue weighted by Crippen LogP contribution is -2.36. The molecule has 0 unspecified atom stereocenters. The van der Waals surface area contributed by atoms with Gasteiger partial charge in [-0.25, -0.2) is 4.98 Å². The summed E-state index contributed by atoms with van der Waals surface area (Å²) in [6, 6.07) is 4.02. The maximum atomic E-state index is 5.82. The molecule has 6 heteroatoms. The number of aromatic nitrogens is 1. The standard InChI is InChI=1S/C12H15N3O2S.C2H4/c1-16-9-3-2-8(15-4-6-17-7-5-15)11-10(9)14-12(13)18-11;1-2/h2-3H,4-7H2,1H3,(H2,13,14);1-2H2. The molecule has 20 heavy (non-hydrogen) atoms. The smallest absolute Gasteiger partial charge is 0.181 e. The average molecular weight is 293 g/mol. The van der Waals surface area contributed by atoms with E-state index in [2.05, 4.69) is 29.1 Å². The molecule has 1 aliphatic rings. The largest absolute Gasteiger partial charge is 0.494 e. The molecule has 0 amide bonds. The normalized spacial score (nSPS) is 14.8. The van der Waals surface area contributed by atoms with Gasteiger partial charge < -0.3 is 20.1 Å². The van der Waals surface area contributed by atoms with Crippen LogP contribution in [0, 0.1) is 0 Å². The lowest BCUT2D eigenvalue weighted by Gasteiger charge is -2.29. The summed E-state index contributed by atoms with van der Waals surface area (Å²) >= 11 is 1.51. The van der Waals surface area contributed by atoms with E-state index in [0.29, 0.717) is 5.13 Å². The van der Waals surface area contributed by atoms with E-state index < -0.39 is 0 Å². The molecule has 1 aromatic carbocycles. The van der Waals surface area contributed by atoms with E-state index in [4.69, 9.17) is 15.2 Å². The molecule has 2 aromatic rings. The van der Waals surface area contributed by atoms with Crippen LogP contribution < -0.4 is 15.4 Å². The molecule has 1 saturated heterocycles. The highest BCUT2D eigenvalue weighted by molar-refractivity contribution is 7.22. The van der Waals surface area contributed by atoms with Gasteiger partial charge in [0.25, 0.3) is 0 Å². The minimum absolute atomic E-state index is 0.573. The molecular formula is C14H19N3O2S. The molecule has 108 valence electrons. The van der Waals surface area contributed by atoms with Crippen molar-refractivity contribution in [3.8, 4) is 5.75 Å². The first-order valence-corrected chi connectivity index (χ1v) is 7.17. The van der Waals surface area contributed by atoms with E-state index in [-0.39, 0.29) is 0 Å². The van der Waals surface area contributed by atoms with Gasteiger partial charge in [-0.05, 0) is 12.1 Å². The summed E-state index contributed by atoms with van der Waals surface area (Å²) < 4.78 is 11.8. The van der Waals surface area contributed by atoms with E-state index in [1.807, 2.05) is 6.07 Å². The molecule has 2 heterocycles. The third-order valence-corrected chi connectivity index (χ3v) is 3.98. The van der Waals surface area contributed by atoms with Gasteiger partial charge in [-0.1, -0.05) is 11.3 Å². The van der Waals surface area contributed by atoms with Crippen LogP contribution in [0.5, 0.6) is 5.75 Å². The van der Waals surface area contributed by atoms with Gasteiger partial charge in [-0.3, -0.25) is 0 Å². The van der Waals surface area contributed by atoms with Crippen molar-refractivity contribution in [1.29, 1.82) is 0 Å². The Morgan fingerprint density at radius 2 is 2.05 bits per heavy atom. The van der Waals surface area contributed by atoms with Gasteiger partial charge in [-0.15, -0.1) is 13.2 Å². The summed E-state index contributed by atoms with van der Waals surface area (Å²) in [7, 11) is 1.65. The fourth-order valence-electron chi connectivity index (χ4n) is 2.20. The molecule has 0 atom stereocenters.